The monoisotopic (exact) mass is 624 g/mol. The Bertz CT molecular complexity index is 1580. The lowest BCUT2D eigenvalue weighted by Gasteiger charge is -2.34. The number of anilines is 3. The van der Waals surface area contributed by atoms with Gasteiger partial charge in [-0.15, -0.1) is 11.3 Å². The Balaban J connectivity index is 1.29. The van der Waals surface area contributed by atoms with Crippen LogP contribution in [0.2, 0.25) is 0 Å². The molecule has 41 heavy (non-hydrogen) atoms. The number of sulfonamides is 2. The van der Waals surface area contributed by atoms with E-state index in [0.717, 1.165) is 49.2 Å². The molecule has 15 heteroatoms. The molecule has 1 aliphatic heterocycles. The van der Waals surface area contributed by atoms with E-state index in [9.17, 15) is 31.8 Å². The van der Waals surface area contributed by atoms with Crippen LogP contribution >= 0.6 is 11.3 Å². The number of esters is 1. The van der Waals surface area contributed by atoms with Gasteiger partial charge in [0, 0.05) is 37.1 Å². The lowest BCUT2D eigenvalue weighted by molar-refractivity contribution is 0.0602. The molecule has 1 atom stereocenters. The van der Waals surface area contributed by atoms with Crippen molar-refractivity contribution in [2.45, 2.75) is 29.9 Å². The van der Waals surface area contributed by atoms with Gasteiger partial charge in [-0.1, -0.05) is 6.07 Å². The number of carbonyl (C=O) groups excluding carboxylic acids is 1. The van der Waals surface area contributed by atoms with Gasteiger partial charge in [0.05, 0.1) is 25.2 Å². The molecule has 0 spiro atoms. The van der Waals surface area contributed by atoms with Crippen molar-refractivity contribution in [2.75, 3.05) is 47.3 Å². The number of methoxy groups -OCH3 is 1. The van der Waals surface area contributed by atoms with Gasteiger partial charge in [0.1, 0.15) is 15.5 Å². The van der Waals surface area contributed by atoms with E-state index in [0.29, 0.717) is 11.3 Å². The number of hydrogen-bond acceptors (Lipinski definition) is 11. The topological polar surface area (TPSA) is 174 Å². The predicted octanol–water partition coefficient (Wildman–Crippen LogP) is 2.70. The summed E-state index contributed by atoms with van der Waals surface area (Å²) >= 11 is 0.996. The molecule has 12 nitrogen and oxygen atoms in total. The minimum atomic E-state index is -3.97. The van der Waals surface area contributed by atoms with E-state index < -0.39 is 32.1 Å². The molecule has 1 aromatic heterocycles. The molecule has 1 saturated heterocycles. The number of aliphatic hydroxyl groups excluding tert-OH is 1. The summed E-state index contributed by atoms with van der Waals surface area (Å²) in [6.07, 6.45) is 1.70. The van der Waals surface area contributed by atoms with Crippen LogP contribution in [0.15, 0.2) is 58.8 Å². The molecule has 2 heterocycles. The summed E-state index contributed by atoms with van der Waals surface area (Å²) in [6, 6.07) is 12.8. The third-order valence-corrected chi connectivity index (χ3v) is 9.61. The van der Waals surface area contributed by atoms with Crippen molar-refractivity contribution in [2.24, 2.45) is 0 Å². The average molecular weight is 625 g/mol. The lowest BCUT2D eigenvalue weighted by Crippen LogP contribution is -2.43. The molecule has 4 rings (SSSR count). The van der Waals surface area contributed by atoms with Crippen LogP contribution in [0.4, 0.5) is 17.1 Å². The van der Waals surface area contributed by atoms with Crippen LogP contribution in [-0.4, -0.2) is 72.1 Å². The van der Waals surface area contributed by atoms with Gasteiger partial charge in [0.15, 0.2) is 0 Å². The number of hydrogen-bond donors (Lipinski definition) is 5. The second kappa shape index (κ2) is 12.7. The minimum Gasteiger partial charge on any atom is -0.506 e. The molecule has 0 radical (unpaired) electrons. The van der Waals surface area contributed by atoms with Crippen molar-refractivity contribution in [1.82, 2.24) is 5.32 Å². The molecule has 222 valence electrons. The van der Waals surface area contributed by atoms with Crippen LogP contribution in [0.5, 0.6) is 5.75 Å². The summed E-state index contributed by atoms with van der Waals surface area (Å²) in [4.78, 5) is 14.0. The number of piperidine rings is 1. The van der Waals surface area contributed by atoms with Crippen molar-refractivity contribution < 1.29 is 36.6 Å². The molecule has 2 aromatic carbocycles. The van der Waals surface area contributed by atoms with Crippen LogP contribution in [0.25, 0.3) is 0 Å². The molecule has 0 amide bonds. The second-order valence-electron chi connectivity index (χ2n) is 9.59. The summed E-state index contributed by atoms with van der Waals surface area (Å²) in [5, 5.41) is 25.4. The number of ether oxygens (including phenoxy) is 1. The van der Waals surface area contributed by atoms with Gasteiger partial charge >= 0.3 is 5.97 Å². The summed E-state index contributed by atoms with van der Waals surface area (Å²) < 4.78 is 58.1. The van der Waals surface area contributed by atoms with E-state index in [4.69, 9.17) is 0 Å². The van der Waals surface area contributed by atoms with Gasteiger partial charge in [-0.25, -0.2) is 21.6 Å². The summed E-state index contributed by atoms with van der Waals surface area (Å²) in [5.74, 6) is -0.938. The van der Waals surface area contributed by atoms with Crippen molar-refractivity contribution in [3.8, 4) is 5.75 Å². The fourth-order valence-corrected chi connectivity index (χ4v) is 7.44. The number of phenols is 1. The first-order valence-electron chi connectivity index (χ1n) is 12.6. The van der Waals surface area contributed by atoms with E-state index in [1.165, 1.54) is 30.7 Å². The van der Waals surface area contributed by atoms with E-state index in [-0.39, 0.29) is 33.8 Å². The molecular weight excluding hydrogens is 593 g/mol. The Labute approximate surface area is 243 Å². The number of benzene rings is 2. The Morgan fingerprint density at radius 1 is 1.07 bits per heavy atom. The minimum absolute atomic E-state index is 0.00795. The summed E-state index contributed by atoms with van der Waals surface area (Å²) in [5.41, 5.74) is 1.78. The molecule has 0 bridgehead atoms. The van der Waals surface area contributed by atoms with Crippen molar-refractivity contribution in [3.05, 3.63) is 64.4 Å². The highest BCUT2D eigenvalue weighted by Crippen LogP contribution is 2.29. The summed E-state index contributed by atoms with van der Waals surface area (Å²) in [7, 11) is -6.36. The second-order valence-corrected chi connectivity index (χ2v) is 13.9. The normalized spacial score (nSPS) is 15.3. The fourth-order valence-electron chi connectivity index (χ4n) is 4.48. The predicted molar refractivity (Wildman–Crippen MR) is 158 cm³/mol. The maximum atomic E-state index is 12.8. The molecule has 5 N–H and O–H groups in total. The zero-order valence-electron chi connectivity index (χ0n) is 22.4. The largest absolute Gasteiger partial charge is 0.506 e. The number of aromatic hydroxyl groups is 1. The Morgan fingerprint density at radius 2 is 1.76 bits per heavy atom. The molecule has 3 aromatic rings. The highest BCUT2D eigenvalue weighted by atomic mass is 32.2. The van der Waals surface area contributed by atoms with Gasteiger partial charge in [-0.2, -0.15) is 0 Å². The number of aliphatic hydroxyl groups is 1. The first kappa shape index (κ1) is 30.6. The Hall–Kier alpha value is -3.37. The fraction of sp³-hybridized carbons (Fsp3) is 0.346. The first-order chi connectivity index (χ1) is 19.4. The Kier molecular flexibility index (Phi) is 9.44. The number of nitrogens with one attached hydrogen (secondary N) is 3. The van der Waals surface area contributed by atoms with E-state index in [2.05, 4.69) is 24.4 Å². The molecule has 0 aliphatic carbocycles. The van der Waals surface area contributed by atoms with Crippen molar-refractivity contribution in [3.63, 3.8) is 0 Å². The zero-order valence-corrected chi connectivity index (χ0v) is 24.9. The number of carbonyl (C=O) groups is 1. The SMILES string of the molecule is COC(=O)c1sccc1S(=O)(=O)Nc1ccc(N2CCC(NC[C@@H](O)c3ccc(O)c(NS(C)(=O)=O)c3)CC2)cc1. The van der Waals surface area contributed by atoms with Crippen LogP contribution in [-0.2, 0) is 24.8 Å². The van der Waals surface area contributed by atoms with Crippen LogP contribution in [0.1, 0.15) is 34.2 Å². The summed E-state index contributed by atoms with van der Waals surface area (Å²) in [6.45, 7) is 1.75. The van der Waals surface area contributed by atoms with Gasteiger partial charge < -0.3 is 25.2 Å². The third kappa shape index (κ3) is 7.89. The Morgan fingerprint density at radius 3 is 2.39 bits per heavy atom. The van der Waals surface area contributed by atoms with Crippen LogP contribution in [0, 0.1) is 0 Å². The average Bonchev–Trinajstić information content (AvgIpc) is 3.44. The number of thiophene rings is 1. The molecule has 1 fully saturated rings. The van der Waals surface area contributed by atoms with E-state index >= 15 is 0 Å². The number of phenolic OH excluding ortho intramolecular Hbond substituents is 1. The number of rotatable bonds is 11. The number of nitrogens with zero attached hydrogens (tertiary/aromatic N) is 1. The van der Waals surface area contributed by atoms with Gasteiger partial charge in [0.25, 0.3) is 10.0 Å². The highest BCUT2D eigenvalue weighted by molar-refractivity contribution is 7.93. The van der Waals surface area contributed by atoms with Crippen LogP contribution in [0.3, 0.4) is 0 Å². The standard InChI is InChI=1S/C26H32N4O8S3/c1-38-26(33)25-24(11-14-39-25)41(36,37)28-19-4-6-20(7-5-19)30-12-9-18(10-13-30)27-16-23(32)17-3-8-22(31)21(15-17)29-40(2,34)35/h3-8,11,14-15,18,23,27-29,31-32H,9-10,12-13,16H2,1-2H3/t23-/m1/s1. The lowest BCUT2D eigenvalue weighted by atomic mass is 10.0. The van der Waals surface area contributed by atoms with Crippen LogP contribution < -0.4 is 19.7 Å². The van der Waals surface area contributed by atoms with Crippen molar-refractivity contribution in [1.29, 1.82) is 0 Å². The third-order valence-electron chi connectivity index (χ3n) is 6.57. The van der Waals surface area contributed by atoms with Crippen molar-refractivity contribution >= 4 is 54.4 Å². The highest BCUT2D eigenvalue weighted by Gasteiger charge is 2.25. The zero-order chi connectivity index (χ0) is 29.8. The molecule has 0 unspecified atom stereocenters. The first-order valence-corrected chi connectivity index (χ1v) is 16.9. The van der Waals surface area contributed by atoms with Gasteiger partial charge in [-0.05, 0) is 66.2 Å². The maximum Gasteiger partial charge on any atom is 0.349 e. The smallest absolute Gasteiger partial charge is 0.349 e. The molecule has 1 aliphatic rings. The van der Waals surface area contributed by atoms with Gasteiger partial charge in [0.2, 0.25) is 10.0 Å². The quantitative estimate of drug-likeness (QED) is 0.158. The molecular formula is C26H32N4O8S3. The maximum absolute atomic E-state index is 12.8. The van der Waals surface area contributed by atoms with E-state index in [1.807, 2.05) is 12.1 Å². The molecule has 0 saturated carbocycles. The van der Waals surface area contributed by atoms with E-state index in [1.54, 1.807) is 18.2 Å². The van der Waals surface area contributed by atoms with Gasteiger partial charge in [-0.3, -0.25) is 9.44 Å².